The van der Waals surface area contributed by atoms with Gasteiger partial charge in [-0.2, -0.15) is 0 Å². The van der Waals surface area contributed by atoms with Crippen molar-refractivity contribution in [2.45, 2.75) is 12.5 Å². The molecule has 0 aliphatic carbocycles. The van der Waals surface area contributed by atoms with Crippen molar-refractivity contribution in [1.82, 2.24) is 10.3 Å². The van der Waals surface area contributed by atoms with Crippen LogP contribution < -0.4 is 5.32 Å². The Morgan fingerprint density at radius 3 is 2.76 bits per heavy atom. The van der Waals surface area contributed by atoms with E-state index in [4.69, 9.17) is 21.8 Å². The molecule has 0 radical (unpaired) electrons. The summed E-state index contributed by atoms with van der Waals surface area (Å²) in [6.45, 7) is 0.0422. The van der Waals surface area contributed by atoms with Crippen LogP contribution in [0.3, 0.4) is 0 Å². The predicted octanol–water partition coefficient (Wildman–Crippen LogP) is 1.45. The number of aliphatic hydroxyl groups excluding tert-OH is 1. The quantitative estimate of drug-likeness (QED) is 0.726. The molecule has 1 aromatic carbocycles. The number of nitrogens with one attached hydrogen (secondary N) is 1. The lowest BCUT2D eigenvalue weighted by atomic mass is 10.1. The molecule has 0 aliphatic heterocycles. The molecular weight excluding hydrogens is 296 g/mol. The number of halogens is 1. The number of para-hydroxylation sites is 1. The maximum Gasteiger partial charge on any atom is 0.332 e. The van der Waals surface area contributed by atoms with Gasteiger partial charge in [0.2, 0.25) is 0 Å². The van der Waals surface area contributed by atoms with Gasteiger partial charge in [-0.1, -0.05) is 29.8 Å². The molecule has 0 saturated carbocycles. The second-order valence-electron chi connectivity index (χ2n) is 4.41. The third-order valence-corrected chi connectivity index (χ3v) is 3.11. The number of carbonyl (C=O) groups excluding carboxylic acids is 1. The SMILES string of the molecule is O=C(NCC[C@H](O)C(=O)O)c1cc(Cl)nc2ccccc12. The molecule has 0 unspecified atom stereocenters. The van der Waals surface area contributed by atoms with E-state index in [1.165, 1.54) is 6.07 Å². The summed E-state index contributed by atoms with van der Waals surface area (Å²) in [7, 11) is 0. The van der Waals surface area contributed by atoms with Crippen LogP contribution in [0.25, 0.3) is 10.9 Å². The van der Waals surface area contributed by atoms with E-state index in [1.807, 2.05) is 0 Å². The molecule has 2 rings (SSSR count). The Morgan fingerprint density at radius 1 is 1.33 bits per heavy atom. The van der Waals surface area contributed by atoms with Gasteiger partial charge in [-0.15, -0.1) is 0 Å². The summed E-state index contributed by atoms with van der Waals surface area (Å²) in [4.78, 5) is 26.7. The van der Waals surface area contributed by atoms with Crippen LogP contribution in [-0.2, 0) is 4.79 Å². The number of carboxylic acids is 1. The van der Waals surface area contributed by atoms with Crippen molar-refractivity contribution >= 4 is 34.4 Å². The number of carboxylic acid groups (broad SMARTS) is 1. The Hall–Kier alpha value is -2.18. The highest BCUT2D eigenvalue weighted by molar-refractivity contribution is 6.30. The second kappa shape index (κ2) is 6.51. The molecule has 1 atom stereocenters. The summed E-state index contributed by atoms with van der Waals surface area (Å²) in [5.74, 6) is -1.71. The van der Waals surface area contributed by atoms with Crippen LogP contribution in [0.2, 0.25) is 5.15 Å². The molecular formula is C14H13ClN2O4. The minimum Gasteiger partial charge on any atom is -0.479 e. The van der Waals surface area contributed by atoms with E-state index in [2.05, 4.69) is 10.3 Å². The molecule has 1 heterocycles. The Kier molecular flexibility index (Phi) is 4.72. The van der Waals surface area contributed by atoms with Crippen LogP contribution in [0.4, 0.5) is 0 Å². The zero-order valence-electron chi connectivity index (χ0n) is 10.9. The van der Waals surface area contributed by atoms with Crippen molar-refractivity contribution < 1.29 is 19.8 Å². The van der Waals surface area contributed by atoms with Crippen molar-refractivity contribution in [3.05, 3.63) is 41.0 Å². The van der Waals surface area contributed by atoms with Crippen molar-refractivity contribution in [1.29, 1.82) is 0 Å². The van der Waals surface area contributed by atoms with Gasteiger partial charge >= 0.3 is 5.97 Å². The average Bonchev–Trinajstić information content (AvgIpc) is 2.45. The van der Waals surface area contributed by atoms with Gasteiger partial charge < -0.3 is 15.5 Å². The summed E-state index contributed by atoms with van der Waals surface area (Å²) in [5.41, 5.74) is 0.955. The number of benzene rings is 1. The summed E-state index contributed by atoms with van der Waals surface area (Å²) in [6, 6.07) is 8.51. The lowest BCUT2D eigenvalue weighted by Crippen LogP contribution is -2.30. The summed E-state index contributed by atoms with van der Waals surface area (Å²) >= 11 is 5.89. The molecule has 7 heteroatoms. The Labute approximate surface area is 125 Å². The molecule has 21 heavy (non-hydrogen) atoms. The van der Waals surface area contributed by atoms with Gasteiger partial charge in [-0.25, -0.2) is 9.78 Å². The zero-order chi connectivity index (χ0) is 15.4. The first kappa shape index (κ1) is 15.2. The molecule has 1 amide bonds. The maximum absolute atomic E-state index is 12.1. The number of hydrogen-bond acceptors (Lipinski definition) is 4. The first-order valence-electron chi connectivity index (χ1n) is 6.23. The third-order valence-electron chi connectivity index (χ3n) is 2.92. The Balaban J connectivity index is 2.14. The minimum absolute atomic E-state index is 0.0422. The Morgan fingerprint density at radius 2 is 2.05 bits per heavy atom. The first-order chi connectivity index (χ1) is 9.99. The Bertz CT molecular complexity index is 690. The van der Waals surface area contributed by atoms with E-state index in [0.29, 0.717) is 16.5 Å². The van der Waals surface area contributed by atoms with Crippen LogP contribution in [0.15, 0.2) is 30.3 Å². The molecule has 0 fully saturated rings. The number of pyridine rings is 1. The molecule has 1 aromatic heterocycles. The second-order valence-corrected chi connectivity index (χ2v) is 4.80. The van der Waals surface area contributed by atoms with E-state index in [-0.39, 0.29) is 18.1 Å². The van der Waals surface area contributed by atoms with Crippen LogP contribution in [0.5, 0.6) is 0 Å². The van der Waals surface area contributed by atoms with E-state index in [0.717, 1.165) is 0 Å². The van der Waals surface area contributed by atoms with E-state index in [9.17, 15) is 9.59 Å². The fourth-order valence-corrected chi connectivity index (χ4v) is 2.07. The number of rotatable bonds is 5. The van der Waals surface area contributed by atoms with Gasteiger partial charge in [-0.3, -0.25) is 4.79 Å². The standard InChI is InChI=1S/C14H13ClN2O4/c15-12-7-9(8-3-1-2-4-10(8)17-12)13(19)16-6-5-11(18)14(20)21/h1-4,7,11,18H,5-6H2,(H,16,19)(H,20,21)/t11-/m0/s1. The monoisotopic (exact) mass is 308 g/mol. The molecule has 110 valence electrons. The molecule has 6 nitrogen and oxygen atoms in total. The van der Waals surface area contributed by atoms with E-state index >= 15 is 0 Å². The smallest absolute Gasteiger partial charge is 0.332 e. The van der Waals surface area contributed by atoms with Gasteiger partial charge in [0, 0.05) is 18.4 Å². The number of aromatic nitrogens is 1. The van der Waals surface area contributed by atoms with Crippen molar-refractivity contribution in [2.24, 2.45) is 0 Å². The number of hydrogen-bond donors (Lipinski definition) is 3. The fourth-order valence-electron chi connectivity index (χ4n) is 1.87. The zero-order valence-corrected chi connectivity index (χ0v) is 11.7. The van der Waals surface area contributed by atoms with Crippen LogP contribution >= 0.6 is 11.6 Å². The molecule has 0 saturated heterocycles. The van der Waals surface area contributed by atoms with Crippen LogP contribution in [-0.4, -0.2) is 39.7 Å². The summed E-state index contributed by atoms with van der Waals surface area (Å²) in [5, 5.41) is 21.1. The van der Waals surface area contributed by atoms with Crippen molar-refractivity contribution in [2.75, 3.05) is 6.54 Å². The fraction of sp³-hybridized carbons (Fsp3) is 0.214. The maximum atomic E-state index is 12.1. The van der Waals surface area contributed by atoms with Gasteiger partial charge in [0.15, 0.2) is 6.10 Å². The predicted molar refractivity (Wildman–Crippen MR) is 77.3 cm³/mol. The highest BCUT2D eigenvalue weighted by Gasteiger charge is 2.15. The largest absolute Gasteiger partial charge is 0.479 e. The number of amides is 1. The van der Waals surface area contributed by atoms with Crippen LogP contribution in [0, 0.1) is 0 Å². The highest BCUT2D eigenvalue weighted by Crippen LogP contribution is 2.20. The normalized spacial score (nSPS) is 12.1. The number of carbonyl (C=O) groups is 2. The highest BCUT2D eigenvalue weighted by atomic mass is 35.5. The van der Waals surface area contributed by atoms with Crippen molar-refractivity contribution in [3.8, 4) is 0 Å². The van der Waals surface area contributed by atoms with Gasteiger partial charge in [-0.05, 0) is 12.1 Å². The van der Waals surface area contributed by atoms with Gasteiger partial charge in [0.1, 0.15) is 5.15 Å². The molecule has 2 aromatic rings. The lowest BCUT2D eigenvalue weighted by molar-refractivity contribution is -0.146. The summed E-state index contributed by atoms with van der Waals surface area (Å²) < 4.78 is 0. The third kappa shape index (κ3) is 3.68. The minimum atomic E-state index is -1.50. The average molecular weight is 309 g/mol. The molecule has 0 aliphatic rings. The number of fused-ring (bicyclic) bond motifs is 1. The lowest BCUT2D eigenvalue weighted by Gasteiger charge is -2.09. The van der Waals surface area contributed by atoms with Crippen molar-refractivity contribution in [3.63, 3.8) is 0 Å². The van der Waals surface area contributed by atoms with Gasteiger partial charge in [0.05, 0.1) is 11.1 Å². The molecule has 0 spiro atoms. The van der Waals surface area contributed by atoms with E-state index < -0.39 is 18.0 Å². The number of aliphatic carboxylic acids is 1. The molecule has 3 N–H and O–H groups in total. The van der Waals surface area contributed by atoms with Gasteiger partial charge in [0.25, 0.3) is 5.91 Å². The van der Waals surface area contributed by atoms with E-state index in [1.54, 1.807) is 24.3 Å². The van der Waals surface area contributed by atoms with Crippen LogP contribution in [0.1, 0.15) is 16.8 Å². The number of aliphatic hydroxyl groups is 1. The topological polar surface area (TPSA) is 99.5 Å². The summed E-state index contributed by atoms with van der Waals surface area (Å²) in [6.07, 6.45) is -1.57. The molecule has 0 bridgehead atoms. The first-order valence-corrected chi connectivity index (χ1v) is 6.61. The number of nitrogens with zero attached hydrogens (tertiary/aromatic N) is 1.